The molecule has 0 aliphatic rings. The molecule has 0 saturated carbocycles. The van der Waals surface area contributed by atoms with Crippen LogP contribution in [0.15, 0.2) is 0 Å². The maximum Gasteiger partial charge on any atom is 0.130 e. The Hall–Kier alpha value is -0.370. The lowest BCUT2D eigenvalue weighted by molar-refractivity contribution is -0.118. The minimum absolute atomic E-state index is 0.254. The molecular formula is C8H16O2. The van der Waals surface area contributed by atoms with Crippen LogP contribution >= 0.6 is 0 Å². The number of ether oxygens (including phenoxy) is 1. The Morgan fingerprint density at radius 3 is 2.50 bits per heavy atom. The second-order valence-electron chi connectivity index (χ2n) is 2.64. The third-order valence-corrected chi connectivity index (χ3v) is 1.56. The summed E-state index contributed by atoms with van der Waals surface area (Å²) in [7, 11) is 1.67. The van der Waals surface area contributed by atoms with Crippen molar-refractivity contribution in [2.24, 2.45) is 5.92 Å². The fraction of sp³-hybridized carbons (Fsp3) is 0.875. The number of hydrogen-bond acceptors (Lipinski definition) is 2. The van der Waals surface area contributed by atoms with Gasteiger partial charge in [-0.1, -0.05) is 13.3 Å². The van der Waals surface area contributed by atoms with E-state index < -0.39 is 0 Å². The maximum absolute atomic E-state index is 10.6. The van der Waals surface area contributed by atoms with Gasteiger partial charge in [0.15, 0.2) is 0 Å². The summed E-state index contributed by atoms with van der Waals surface area (Å²) in [6.45, 7) is 4.40. The number of carbonyl (C=O) groups excluding carboxylic acids is 1. The molecule has 0 aliphatic heterocycles. The molecule has 0 rings (SSSR count). The average Bonchev–Trinajstić information content (AvgIpc) is 1.86. The van der Waals surface area contributed by atoms with E-state index in [0.717, 1.165) is 6.42 Å². The fourth-order valence-electron chi connectivity index (χ4n) is 0.963. The van der Waals surface area contributed by atoms with Crippen molar-refractivity contribution in [3.8, 4) is 0 Å². The van der Waals surface area contributed by atoms with Gasteiger partial charge >= 0.3 is 0 Å². The number of ketones is 1. The topological polar surface area (TPSA) is 26.3 Å². The molecule has 0 aromatic rings. The zero-order valence-electron chi connectivity index (χ0n) is 7.02. The first-order valence-corrected chi connectivity index (χ1v) is 3.69. The summed E-state index contributed by atoms with van der Waals surface area (Å²) >= 11 is 0. The van der Waals surface area contributed by atoms with Crippen molar-refractivity contribution < 1.29 is 9.53 Å². The SMILES string of the molecule is CCC(COC)CC(C)=O. The van der Waals surface area contributed by atoms with E-state index in [1.165, 1.54) is 0 Å². The van der Waals surface area contributed by atoms with E-state index in [0.29, 0.717) is 18.9 Å². The third kappa shape index (κ3) is 4.50. The molecule has 60 valence electrons. The molecule has 0 aromatic carbocycles. The first-order chi connectivity index (χ1) is 4.70. The lowest BCUT2D eigenvalue weighted by Crippen LogP contribution is -2.10. The number of hydrogen-bond donors (Lipinski definition) is 0. The van der Waals surface area contributed by atoms with Crippen molar-refractivity contribution in [3.05, 3.63) is 0 Å². The Labute approximate surface area is 62.6 Å². The minimum atomic E-state index is 0.254. The highest BCUT2D eigenvalue weighted by Crippen LogP contribution is 2.08. The van der Waals surface area contributed by atoms with Gasteiger partial charge in [0.2, 0.25) is 0 Å². The van der Waals surface area contributed by atoms with Gasteiger partial charge < -0.3 is 9.53 Å². The van der Waals surface area contributed by atoms with Crippen LogP contribution in [0.1, 0.15) is 26.7 Å². The van der Waals surface area contributed by atoms with Crippen LogP contribution in [0.25, 0.3) is 0 Å². The molecule has 2 heteroatoms. The second-order valence-corrected chi connectivity index (χ2v) is 2.64. The van der Waals surface area contributed by atoms with E-state index in [2.05, 4.69) is 6.92 Å². The van der Waals surface area contributed by atoms with Crippen molar-refractivity contribution in [1.29, 1.82) is 0 Å². The van der Waals surface area contributed by atoms with Crippen molar-refractivity contribution >= 4 is 5.78 Å². The van der Waals surface area contributed by atoms with Crippen LogP contribution in [-0.4, -0.2) is 19.5 Å². The Morgan fingerprint density at radius 1 is 1.60 bits per heavy atom. The molecule has 0 bridgehead atoms. The van der Waals surface area contributed by atoms with Crippen molar-refractivity contribution in [2.45, 2.75) is 26.7 Å². The van der Waals surface area contributed by atoms with E-state index in [1.807, 2.05) is 0 Å². The summed E-state index contributed by atoms with van der Waals surface area (Å²) in [4.78, 5) is 10.6. The van der Waals surface area contributed by atoms with Gasteiger partial charge in [0, 0.05) is 20.1 Å². The van der Waals surface area contributed by atoms with Gasteiger partial charge in [0.05, 0.1) is 0 Å². The monoisotopic (exact) mass is 144 g/mol. The highest BCUT2D eigenvalue weighted by atomic mass is 16.5. The normalized spacial score (nSPS) is 13.1. The molecule has 2 nitrogen and oxygen atoms in total. The molecule has 0 N–H and O–H groups in total. The van der Waals surface area contributed by atoms with Crippen LogP contribution in [0.3, 0.4) is 0 Å². The van der Waals surface area contributed by atoms with Gasteiger partial charge in [-0.05, 0) is 12.8 Å². The van der Waals surface area contributed by atoms with Crippen LogP contribution in [0.2, 0.25) is 0 Å². The van der Waals surface area contributed by atoms with E-state index in [4.69, 9.17) is 4.74 Å². The first-order valence-electron chi connectivity index (χ1n) is 3.69. The highest BCUT2D eigenvalue weighted by molar-refractivity contribution is 5.75. The van der Waals surface area contributed by atoms with Gasteiger partial charge in [-0.15, -0.1) is 0 Å². The van der Waals surface area contributed by atoms with Gasteiger partial charge in [0.25, 0.3) is 0 Å². The van der Waals surface area contributed by atoms with Crippen LogP contribution < -0.4 is 0 Å². The Bertz CT molecular complexity index is 99.4. The molecular weight excluding hydrogens is 128 g/mol. The molecule has 0 heterocycles. The largest absolute Gasteiger partial charge is 0.384 e. The van der Waals surface area contributed by atoms with Crippen molar-refractivity contribution in [1.82, 2.24) is 0 Å². The van der Waals surface area contributed by atoms with E-state index in [1.54, 1.807) is 14.0 Å². The summed E-state index contributed by atoms with van der Waals surface area (Å²) in [6, 6.07) is 0. The van der Waals surface area contributed by atoms with Gasteiger partial charge in [-0.3, -0.25) is 0 Å². The quantitative estimate of drug-likeness (QED) is 0.586. The van der Waals surface area contributed by atoms with E-state index in [-0.39, 0.29) is 5.78 Å². The third-order valence-electron chi connectivity index (χ3n) is 1.56. The average molecular weight is 144 g/mol. The molecule has 0 spiro atoms. The van der Waals surface area contributed by atoms with Crippen LogP contribution in [-0.2, 0) is 9.53 Å². The predicted molar refractivity (Wildman–Crippen MR) is 41.0 cm³/mol. The molecule has 0 saturated heterocycles. The lowest BCUT2D eigenvalue weighted by atomic mass is 10.0. The summed E-state index contributed by atoms with van der Waals surface area (Å²) < 4.78 is 4.94. The van der Waals surface area contributed by atoms with E-state index in [9.17, 15) is 4.79 Å². The van der Waals surface area contributed by atoms with Crippen LogP contribution in [0.5, 0.6) is 0 Å². The summed E-state index contributed by atoms with van der Waals surface area (Å²) in [6.07, 6.45) is 1.68. The molecule has 0 radical (unpaired) electrons. The number of methoxy groups -OCH3 is 1. The van der Waals surface area contributed by atoms with Gasteiger partial charge in [0.1, 0.15) is 5.78 Å². The summed E-state index contributed by atoms with van der Waals surface area (Å²) in [5.74, 6) is 0.673. The van der Waals surface area contributed by atoms with Crippen LogP contribution in [0.4, 0.5) is 0 Å². The predicted octanol–water partition coefficient (Wildman–Crippen LogP) is 1.64. The molecule has 0 fully saturated rings. The Morgan fingerprint density at radius 2 is 2.20 bits per heavy atom. The maximum atomic E-state index is 10.6. The minimum Gasteiger partial charge on any atom is -0.384 e. The Balaban J connectivity index is 3.49. The fourth-order valence-corrected chi connectivity index (χ4v) is 0.963. The summed E-state index contributed by atoms with van der Waals surface area (Å²) in [5, 5.41) is 0. The standard InChI is InChI=1S/C8H16O2/c1-4-8(6-10-3)5-7(2)9/h8H,4-6H2,1-3H3. The molecule has 1 atom stereocenters. The second kappa shape index (κ2) is 5.42. The molecule has 0 aromatic heterocycles. The Kier molecular flexibility index (Phi) is 5.22. The summed E-state index contributed by atoms with van der Waals surface area (Å²) in [5.41, 5.74) is 0. The smallest absolute Gasteiger partial charge is 0.130 e. The van der Waals surface area contributed by atoms with Gasteiger partial charge in [-0.2, -0.15) is 0 Å². The van der Waals surface area contributed by atoms with Gasteiger partial charge in [-0.25, -0.2) is 0 Å². The van der Waals surface area contributed by atoms with Crippen molar-refractivity contribution in [2.75, 3.05) is 13.7 Å². The molecule has 1 unspecified atom stereocenters. The number of rotatable bonds is 5. The van der Waals surface area contributed by atoms with Crippen LogP contribution in [0, 0.1) is 5.92 Å². The lowest BCUT2D eigenvalue weighted by Gasteiger charge is -2.10. The molecule has 0 amide bonds. The number of carbonyl (C=O) groups is 1. The van der Waals surface area contributed by atoms with Crippen molar-refractivity contribution in [3.63, 3.8) is 0 Å². The zero-order chi connectivity index (χ0) is 7.98. The first kappa shape index (κ1) is 9.63. The molecule has 0 aliphatic carbocycles. The zero-order valence-corrected chi connectivity index (χ0v) is 7.02. The highest BCUT2D eigenvalue weighted by Gasteiger charge is 2.07. The number of Topliss-reactive ketones (excluding diaryl/α,β-unsaturated/α-hetero) is 1. The van der Waals surface area contributed by atoms with E-state index >= 15 is 0 Å². The molecule has 10 heavy (non-hydrogen) atoms.